The smallest absolute Gasteiger partial charge is 0.188 e. The molecule has 2 heterocycles. The Morgan fingerprint density at radius 1 is 1.26 bits per heavy atom. The zero-order chi connectivity index (χ0) is 16.0. The average Bonchev–Trinajstić information content (AvgIpc) is 2.55. The van der Waals surface area contributed by atoms with Crippen LogP contribution in [0.1, 0.15) is 37.4 Å². The van der Waals surface area contributed by atoms with Gasteiger partial charge in [0.15, 0.2) is 10.8 Å². The number of ether oxygens (including phenoxy) is 1. The summed E-state index contributed by atoms with van der Waals surface area (Å²) in [5.74, 6) is 0.955. The quantitative estimate of drug-likeness (QED) is 0.838. The van der Waals surface area contributed by atoms with Crippen LogP contribution in [-0.2, 0) is 6.42 Å². The van der Waals surface area contributed by atoms with E-state index in [-0.39, 0.29) is 6.04 Å². The van der Waals surface area contributed by atoms with Crippen LogP contribution in [0.2, 0.25) is 0 Å². The second kappa shape index (κ2) is 5.24. The van der Waals surface area contributed by atoms with E-state index in [0.717, 1.165) is 29.4 Å². The van der Waals surface area contributed by atoms with Gasteiger partial charge < -0.3 is 10.1 Å². The third-order valence-electron chi connectivity index (χ3n) is 4.76. The highest BCUT2D eigenvalue weighted by molar-refractivity contribution is 7.80. The van der Waals surface area contributed by atoms with Gasteiger partial charge in [-0.1, -0.05) is 37.3 Å². The van der Waals surface area contributed by atoms with Gasteiger partial charge >= 0.3 is 0 Å². The van der Waals surface area contributed by atoms with E-state index in [4.69, 9.17) is 17.0 Å². The Bertz CT molecular complexity index is 761. The summed E-state index contributed by atoms with van der Waals surface area (Å²) in [6, 6.07) is 16.9. The van der Waals surface area contributed by atoms with Crippen LogP contribution in [0.3, 0.4) is 0 Å². The van der Waals surface area contributed by atoms with Gasteiger partial charge in [-0.25, -0.2) is 0 Å². The molecule has 0 aromatic heterocycles. The number of rotatable bonds is 2. The van der Waals surface area contributed by atoms with E-state index < -0.39 is 5.72 Å². The summed E-state index contributed by atoms with van der Waals surface area (Å²) < 4.78 is 6.43. The predicted molar refractivity (Wildman–Crippen MR) is 96.9 cm³/mol. The number of nitrogens with zero attached hydrogens (tertiary/aromatic N) is 1. The molecule has 3 nitrogen and oxygen atoms in total. The van der Waals surface area contributed by atoms with E-state index in [2.05, 4.69) is 54.4 Å². The number of para-hydroxylation sites is 1. The Labute approximate surface area is 142 Å². The van der Waals surface area contributed by atoms with Gasteiger partial charge in [-0.05, 0) is 49.3 Å². The number of benzene rings is 2. The minimum Gasteiger partial charge on any atom is -0.467 e. The number of thiocarbonyl (C=S) groups is 1. The van der Waals surface area contributed by atoms with Crippen molar-refractivity contribution in [1.29, 1.82) is 0 Å². The first-order valence-electron chi connectivity index (χ1n) is 8.08. The maximum atomic E-state index is 6.43. The molecule has 2 aromatic carbocycles. The third-order valence-corrected chi connectivity index (χ3v) is 5.06. The Hall–Kier alpha value is -2.07. The lowest BCUT2D eigenvalue weighted by molar-refractivity contribution is 0.0497. The van der Waals surface area contributed by atoms with Crippen LogP contribution in [0.25, 0.3) is 0 Å². The highest BCUT2D eigenvalue weighted by Gasteiger charge is 2.48. The van der Waals surface area contributed by atoms with Crippen LogP contribution in [0.4, 0.5) is 5.69 Å². The normalized spacial score (nSPS) is 25.4. The van der Waals surface area contributed by atoms with Gasteiger partial charge in [0.1, 0.15) is 5.75 Å². The molecule has 1 fully saturated rings. The Balaban J connectivity index is 1.79. The van der Waals surface area contributed by atoms with E-state index in [9.17, 15) is 0 Å². The fourth-order valence-electron chi connectivity index (χ4n) is 3.61. The first kappa shape index (κ1) is 14.5. The zero-order valence-electron chi connectivity index (χ0n) is 13.4. The van der Waals surface area contributed by atoms with Crippen molar-refractivity contribution in [2.45, 2.75) is 38.5 Å². The van der Waals surface area contributed by atoms with Crippen LogP contribution >= 0.6 is 12.2 Å². The number of nitrogens with one attached hydrogen (secondary N) is 1. The predicted octanol–water partition coefficient (Wildman–Crippen LogP) is 4.18. The number of hydrogen-bond acceptors (Lipinski definition) is 2. The van der Waals surface area contributed by atoms with Crippen molar-refractivity contribution in [1.82, 2.24) is 5.32 Å². The summed E-state index contributed by atoms with van der Waals surface area (Å²) >= 11 is 5.66. The van der Waals surface area contributed by atoms with Crippen LogP contribution in [-0.4, -0.2) is 10.8 Å². The SMILES string of the molecule is CCc1ccc2c(c1)C1CC(C)(O2)N(c2ccccc2)C(=S)N1. The molecule has 0 amide bonds. The van der Waals surface area contributed by atoms with Crippen molar-refractivity contribution in [3.05, 3.63) is 59.7 Å². The minimum atomic E-state index is -0.463. The van der Waals surface area contributed by atoms with Gasteiger partial charge in [-0.3, -0.25) is 4.90 Å². The van der Waals surface area contributed by atoms with E-state index in [1.54, 1.807) is 0 Å². The molecule has 2 unspecified atom stereocenters. The van der Waals surface area contributed by atoms with Crippen LogP contribution in [0.5, 0.6) is 5.75 Å². The Morgan fingerprint density at radius 2 is 2.04 bits per heavy atom. The third kappa shape index (κ3) is 2.29. The molecule has 1 saturated heterocycles. The lowest BCUT2D eigenvalue weighted by Gasteiger charge is -2.52. The molecule has 2 aromatic rings. The van der Waals surface area contributed by atoms with Gasteiger partial charge in [0, 0.05) is 17.7 Å². The van der Waals surface area contributed by atoms with Crippen molar-refractivity contribution in [3.8, 4) is 5.75 Å². The molecule has 4 rings (SSSR count). The molecule has 0 radical (unpaired) electrons. The molecular formula is C19H20N2OS. The van der Waals surface area contributed by atoms with Gasteiger partial charge in [-0.2, -0.15) is 0 Å². The van der Waals surface area contributed by atoms with Crippen molar-refractivity contribution < 1.29 is 4.74 Å². The number of aryl methyl sites for hydroxylation is 1. The summed E-state index contributed by atoms with van der Waals surface area (Å²) in [5, 5.41) is 4.23. The highest BCUT2D eigenvalue weighted by Crippen LogP contribution is 2.45. The second-order valence-electron chi connectivity index (χ2n) is 6.38. The molecular weight excluding hydrogens is 304 g/mol. The maximum absolute atomic E-state index is 6.43. The van der Waals surface area contributed by atoms with E-state index in [1.165, 1.54) is 11.1 Å². The summed E-state index contributed by atoms with van der Waals surface area (Å²) in [6.45, 7) is 4.29. The van der Waals surface area contributed by atoms with Gasteiger partial charge in [0.05, 0.1) is 6.04 Å². The average molecular weight is 324 g/mol. The molecule has 2 bridgehead atoms. The number of fused-ring (bicyclic) bond motifs is 4. The molecule has 2 atom stereocenters. The fraction of sp³-hybridized carbons (Fsp3) is 0.316. The van der Waals surface area contributed by atoms with Crippen molar-refractivity contribution >= 4 is 23.0 Å². The fourth-order valence-corrected chi connectivity index (χ4v) is 4.05. The van der Waals surface area contributed by atoms with E-state index in [0.29, 0.717) is 0 Å². The first-order valence-corrected chi connectivity index (χ1v) is 8.49. The van der Waals surface area contributed by atoms with Crippen LogP contribution < -0.4 is 15.0 Å². The van der Waals surface area contributed by atoms with Gasteiger partial charge in [-0.15, -0.1) is 0 Å². The van der Waals surface area contributed by atoms with E-state index in [1.807, 2.05) is 18.2 Å². The Morgan fingerprint density at radius 3 is 2.78 bits per heavy atom. The van der Waals surface area contributed by atoms with Gasteiger partial charge in [0.25, 0.3) is 0 Å². The lowest BCUT2D eigenvalue weighted by atomic mass is 9.89. The zero-order valence-corrected chi connectivity index (χ0v) is 14.2. The lowest BCUT2D eigenvalue weighted by Crippen LogP contribution is -2.65. The summed E-state index contributed by atoms with van der Waals surface area (Å²) in [6.07, 6.45) is 1.89. The summed E-state index contributed by atoms with van der Waals surface area (Å²) in [4.78, 5) is 2.09. The highest BCUT2D eigenvalue weighted by atomic mass is 32.1. The number of hydrogen-bond donors (Lipinski definition) is 1. The first-order chi connectivity index (χ1) is 11.1. The molecule has 118 valence electrons. The molecule has 0 spiro atoms. The second-order valence-corrected chi connectivity index (χ2v) is 6.77. The topological polar surface area (TPSA) is 24.5 Å². The maximum Gasteiger partial charge on any atom is 0.188 e. The monoisotopic (exact) mass is 324 g/mol. The van der Waals surface area contributed by atoms with Crippen molar-refractivity contribution in [2.24, 2.45) is 0 Å². The summed E-state index contributed by atoms with van der Waals surface area (Å²) in [7, 11) is 0. The summed E-state index contributed by atoms with van der Waals surface area (Å²) in [5.41, 5.74) is 3.14. The molecule has 2 aliphatic rings. The molecule has 23 heavy (non-hydrogen) atoms. The van der Waals surface area contributed by atoms with Crippen LogP contribution in [0.15, 0.2) is 48.5 Å². The molecule has 0 saturated carbocycles. The molecule has 2 aliphatic heterocycles. The standard InChI is InChI=1S/C19H20N2OS/c1-3-13-9-10-17-15(11-13)16-12-19(2,22-17)21(18(23)20-16)14-7-5-4-6-8-14/h4-11,16H,3,12H2,1-2H3,(H,20,23). The van der Waals surface area contributed by atoms with Crippen molar-refractivity contribution in [3.63, 3.8) is 0 Å². The Kier molecular flexibility index (Phi) is 3.31. The molecule has 0 aliphatic carbocycles. The van der Waals surface area contributed by atoms with Crippen LogP contribution in [0, 0.1) is 0 Å². The number of anilines is 1. The van der Waals surface area contributed by atoms with Crippen molar-refractivity contribution in [2.75, 3.05) is 4.90 Å². The molecule has 4 heteroatoms. The van der Waals surface area contributed by atoms with E-state index >= 15 is 0 Å². The molecule has 1 N–H and O–H groups in total. The van der Waals surface area contributed by atoms with Gasteiger partial charge in [0.2, 0.25) is 0 Å². The minimum absolute atomic E-state index is 0.211. The largest absolute Gasteiger partial charge is 0.467 e.